The quantitative estimate of drug-likeness (QED) is 0.346. The van der Waals surface area contributed by atoms with E-state index in [2.05, 4.69) is 10.1 Å². The highest BCUT2D eigenvalue weighted by atomic mass is 16.5. The van der Waals surface area contributed by atoms with Gasteiger partial charge in [-0.05, 0) is 14.1 Å². The predicted molar refractivity (Wildman–Crippen MR) is 54.4 cm³/mol. The van der Waals surface area contributed by atoms with Crippen molar-refractivity contribution in [3.63, 3.8) is 0 Å². The summed E-state index contributed by atoms with van der Waals surface area (Å²) in [5, 5.41) is 2.37. The lowest BCUT2D eigenvalue weighted by Crippen LogP contribution is -2.34. The van der Waals surface area contributed by atoms with Crippen LogP contribution in [0.5, 0.6) is 0 Å². The van der Waals surface area contributed by atoms with Crippen molar-refractivity contribution in [3.8, 4) is 0 Å². The first-order chi connectivity index (χ1) is 7.07. The van der Waals surface area contributed by atoms with Crippen molar-refractivity contribution in [1.29, 1.82) is 0 Å². The van der Waals surface area contributed by atoms with Crippen LogP contribution in [0.2, 0.25) is 0 Å². The Balaban J connectivity index is 3.31. The molecule has 6 nitrogen and oxygen atoms in total. The number of carbonyl (C=O) groups is 2. The molecule has 88 valence electrons. The molecule has 0 aromatic rings. The Morgan fingerprint density at radius 3 is 2.47 bits per heavy atom. The van der Waals surface area contributed by atoms with Crippen LogP contribution in [0, 0.1) is 0 Å². The van der Waals surface area contributed by atoms with E-state index in [1.54, 1.807) is 0 Å². The number of carbonyl (C=O) groups excluding carboxylic acids is 2. The molecule has 0 saturated heterocycles. The Labute approximate surface area is 89.5 Å². The van der Waals surface area contributed by atoms with Gasteiger partial charge in [-0.3, -0.25) is 4.79 Å². The Morgan fingerprint density at radius 2 is 1.93 bits per heavy atom. The van der Waals surface area contributed by atoms with Gasteiger partial charge in [0, 0.05) is 13.1 Å². The first kappa shape index (κ1) is 13.9. The van der Waals surface area contributed by atoms with E-state index in [1.165, 1.54) is 0 Å². The third kappa shape index (κ3) is 7.90. The molecule has 15 heavy (non-hydrogen) atoms. The van der Waals surface area contributed by atoms with E-state index in [9.17, 15) is 9.59 Å². The number of amides is 1. The van der Waals surface area contributed by atoms with Gasteiger partial charge in [0.25, 0.3) is 0 Å². The zero-order valence-electron chi connectivity index (χ0n) is 9.41. The molecule has 0 aliphatic heterocycles. The summed E-state index contributed by atoms with van der Waals surface area (Å²) in [5.74, 6) is -1.63. The van der Waals surface area contributed by atoms with E-state index in [-0.39, 0.29) is 0 Å². The minimum atomic E-state index is -0.886. The summed E-state index contributed by atoms with van der Waals surface area (Å²) in [6, 6.07) is 0. The topological polar surface area (TPSA) is 67.9 Å². The highest BCUT2D eigenvalue weighted by molar-refractivity contribution is 6.32. The number of ether oxygens (including phenoxy) is 2. The molecule has 0 atom stereocenters. The molecular weight excluding hydrogens is 200 g/mol. The summed E-state index contributed by atoms with van der Waals surface area (Å²) in [6.45, 7) is 2.12. The van der Waals surface area contributed by atoms with Crippen molar-refractivity contribution in [1.82, 2.24) is 10.2 Å². The summed E-state index contributed by atoms with van der Waals surface area (Å²) in [7, 11) is 5.06. The van der Waals surface area contributed by atoms with E-state index in [4.69, 9.17) is 4.74 Å². The van der Waals surface area contributed by atoms with Crippen molar-refractivity contribution in [2.75, 3.05) is 47.5 Å². The maximum absolute atomic E-state index is 10.9. The van der Waals surface area contributed by atoms with Crippen LogP contribution in [0.3, 0.4) is 0 Å². The minimum absolute atomic E-state index is 0.307. The second kappa shape index (κ2) is 8.19. The zero-order valence-corrected chi connectivity index (χ0v) is 9.41. The number of likely N-dealkylation sites (N-methyl/N-ethyl adjacent to an activating group) is 1. The lowest BCUT2D eigenvalue weighted by Gasteiger charge is -2.09. The van der Waals surface area contributed by atoms with Crippen LogP contribution in [-0.2, 0) is 19.1 Å². The van der Waals surface area contributed by atoms with Gasteiger partial charge in [0.1, 0.15) is 0 Å². The number of methoxy groups -OCH3 is 1. The normalized spacial score (nSPS) is 10.1. The number of nitrogens with zero attached hydrogens (tertiary/aromatic N) is 1. The highest BCUT2D eigenvalue weighted by Gasteiger charge is 2.11. The average molecular weight is 218 g/mol. The zero-order chi connectivity index (χ0) is 11.7. The van der Waals surface area contributed by atoms with E-state index < -0.39 is 11.9 Å². The standard InChI is InChI=1S/C9H18N2O4/c1-11(2)5-7-15-6-4-10-8(12)9(13)14-3/h4-7H2,1-3H3,(H,10,12). The van der Waals surface area contributed by atoms with Gasteiger partial charge in [0.2, 0.25) is 0 Å². The summed E-state index contributed by atoms with van der Waals surface area (Å²) in [4.78, 5) is 23.5. The first-order valence-corrected chi connectivity index (χ1v) is 4.66. The summed E-state index contributed by atoms with van der Waals surface area (Å²) in [5.41, 5.74) is 0. The van der Waals surface area contributed by atoms with Crippen LogP contribution >= 0.6 is 0 Å². The fourth-order valence-corrected chi connectivity index (χ4v) is 0.751. The molecule has 6 heteroatoms. The summed E-state index contributed by atoms with van der Waals surface area (Å²) < 4.78 is 9.42. The van der Waals surface area contributed by atoms with Gasteiger partial charge in [-0.25, -0.2) is 4.79 Å². The SMILES string of the molecule is COC(=O)C(=O)NCCOCCN(C)C. The molecule has 1 amide bonds. The fourth-order valence-electron chi connectivity index (χ4n) is 0.751. The highest BCUT2D eigenvalue weighted by Crippen LogP contribution is 1.78. The van der Waals surface area contributed by atoms with Gasteiger partial charge < -0.3 is 19.7 Å². The van der Waals surface area contributed by atoms with Crippen LogP contribution in [0.25, 0.3) is 0 Å². The molecule has 0 aromatic heterocycles. The van der Waals surface area contributed by atoms with Crippen molar-refractivity contribution in [3.05, 3.63) is 0 Å². The minimum Gasteiger partial charge on any atom is -0.462 e. The van der Waals surface area contributed by atoms with E-state index in [0.29, 0.717) is 19.8 Å². The lowest BCUT2D eigenvalue weighted by atomic mass is 10.5. The molecule has 0 rings (SSSR count). The Morgan fingerprint density at radius 1 is 1.27 bits per heavy atom. The van der Waals surface area contributed by atoms with Crippen molar-refractivity contribution >= 4 is 11.9 Å². The molecule has 0 heterocycles. The van der Waals surface area contributed by atoms with Crippen molar-refractivity contribution < 1.29 is 19.1 Å². The lowest BCUT2D eigenvalue weighted by molar-refractivity contribution is -0.152. The molecular formula is C9H18N2O4. The molecule has 0 aliphatic rings. The number of esters is 1. The number of hydrogen-bond donors (Lipinski definition) is 1. The average Bonchev–Trinajstić information content (AvgIpc) is 2.21. The third-order valence-electron chi connectivity index (χ3n) is 1.59. The number of rotatable bonds is 6. The number of nitrogens with one attached hydrogen (secondary N) is 1. The van der Waals surface area contributed by atoms with Crippen LogP contribution < -0.4 is 5.32 Å². The van der Waals surface area contributed by atoms with Crippen molar-refractivity contribution in [2.45, 2.75) is 0 Å². The third-order valence-corrected chi connectivity index (χ3v) is 1.59. The molecule has 0 spiro atoms. The van der Waals surface area contributed by atoms with E-state index in [0.717, 1.165) is 13.7 Å². The predicted octanol–water partition coefficient (Wildman–Crippen LogP) is -1.15. The molecule has 0 unspecified atom stereocenters. The summed E-state index contributed by atoms with van der Waals surface area (Å²) in [6.07, 6.45) is 0. The van der Waals surface area contributed by atoms with Crippen molar-refractivity contribution in [2.24, 2.45) is 0 Å². The van der Waals surface area contributed by atoms with Gasteiger partial charge in [-0.2, -0.15) is 0 Å². The van der Waals surface area contributed by atoms with Crippen LogP contribution in [0.4, 0.5) is 0 Å². The molecule has 1 N–H and O–H groups in total. The Bertz CT molecular complexity index is 206. The molecule has 0 saturated carbocycles. The molecule has 0 fully saturated rings. The van der Waals surface area contributed by atoms with Gasteiger partial charge in [0.15, 0.2) is 0 Å². The van der Waals surface area contributed by atoms with E-state index >= 15 is 0 Å². The van der Waals surface area contributed by atoms with Crippen LogP contribution in [0.15, 0.2) is 0 Å². The van der Waals surface area contributed by atoms with Gasteiger partial charge >= 0.3 is 11.9 Å². The van der Waals surface area contributed by atoms with Gasteiger partial charge in [-0.15, -0.1) is 0 Å². The molecule has 0 aromatic carbocycles. The fraction of sp³-hybridized carbons (Fsp3) is 0.778. The largest absolute Gasteiger partial charge is 0.462 e. The molecule has 0 radical (unpaired) electrons. The maximum Gasteiger partial charge on any atom is 0.396 e. The second-order valence-electron chi connectivity index (χ2n) is 3.16. The van der Waals surface area contributed by atoms with Crippen LogP contribution in [-0.4, -0.2) is 64.3 Å². The molecule has 0 bridgehead atoms. The smallest absolute Gasteiger partial charge is 0.396 e. The van der Waals surface area contributed by atoms with Crippen LogP contribution in [0.1, 0.15) is 0 Å². The Kier molecular flexibility index (Phi) is 7.57. The Hall–Kier alpha value is -1.14. The maximum atomic E-state index is 10.9. The number of hydrogen-bond acceptors (Lipinski definition) is 5. The summed E-state index contributed by atoms with van der Waals surface area (Å²) >= 11 is 0. The first-order valence-electron chi connectivity index (χ1n) is 4.66. The second-order valence-corrected chi connectivity index (χ2v) is 3.16. The van der Waals surface area contributed by atoms with Gasteiger partial charge in [0.05, 0.1) is 20.3 Å². The van der Waals surface area contributed by atoms with Gasteiger partial charge in [-0.1, -0.05) is 0 Å². The molecule has 0 aliphatic carbocycles. The monoisotopic (exact) mass is 218 g/mol. The van der Waals surface area contributed by atoms with E-state index in [1.807, 2.05) is 19.0 Å².